The molecule has 4 heteroatoms. The van der Waals surface area contributed by atoms with E-state index in [9.17, 15) is 10.1 Å². The fourth-order valence-electron chi connectivity index (χ4n) is 2.37. The molecule has 0 saturated heterocycles. The van der Waals surface area contributed by atoms with Crippen molar-refractivity contribution in [3.63, 3.8) is 0 Å². The van der Waals surface area contributed by atoms with Crippen LogP contribution in [-0.4, -0.2) is 4.92 Å². The summed E-state index contributed by atoms with van der Waals surface area (Å²) < 4.78 is 0. The van der Waals surface area contributed by atoms with Crippen molar-refractivity contribution in [2.24, 2.45) is 0 Å². The fourth-order valence-corrected chi connectivity index (χ4v) is 4.32. The van der Waals surface area contributed by atoms with E-state index >= 15 is 0 Å². The van der Waals surface area contributed by atoms with Crippen LogP contribution in [0.1, 0.15) is 5.56 Å². The summed E-state index contributed by atoms with van der Waals surface area (Å²) in [5.41, 5.74) is 1.07. The first kappa shape index (κ1) is 16.1. The Labute approximate surface area is 142 Å². The Bertz CT molecular complexity index is 791. The Morgan fingerprint density at radius 3 is 1.71 bits per heavy atom. The molecular formula is C20H16NO2P. The number of benzene rings is 3. The second-order valence-electron chi connectivity index (χ2n) is 5.21. The molecule has 0 unspecified atom stereocenters. The highest BCUT2D eigenvalue weighted by molar-refractivity contribution is 7.75. The summed E-state index contributed by atoms with van der Waals surface area (Å²) in [5.74, 6) is 2.20. The van der Waals surface area contributed by atoms with Gasteiger partial charge in [0.25, 0.3) is 5.69 Å². The molecule has 0 radical (unpaired) electrons. The highest BCUT2D eigenvalue weighted by Crippen LogP contribution is 2.35. The Balaban J connectivity index is 1.90. The number of nitrogens with zero attached hydrogens (tertiary/aromatic N) is 1. The normalized spacial score (nSPS) is 11.0. The standard InChI is InChI=1S/C20H16NO2P/c22-21(23)18-13-11-17(12-14-18)15-16-24(19-7-3-1-4-8-19)20-9-5-2-6-10-20/h1-16H/b16-15-. The van der Waals surface area contributed by atoms with Crippen LogP contribution in [0.25, 0.3) is 6.08 Å². The zero-order valence-electron chi connectivity index (χ0n) is 12.9. The average Bonchev–Trinajstić information content (AvgIpc) is 2.64. The number of rotatable bonds is 5. The average molecular weight is 333 g/mol. The van der Waals surface area contributed by atoms with E-state index < -0.39 is 7.92 Å². The molecule has 0 N–H and O–H groups in total. The number of nitro benzene ring substituents is 1. The molecule has 3 aromatic rings. The minimum absolute atomic E-state index is 0.112. The Hall–Kier alpha value is -2.77. The van der Waals surface area contributed by atoms with E-state index in [1.807, 2.05) is 42.5 Å². The molecule has 24 heavy (non-hydrogen) atoms. The lowest BCUT2D eigenvalue weighted by atomic mass is 10.2. The van der Waals surface area contributed by atoms with Crippen molar-refractivity contribution in [1.29, 1.82) is 0 Å². The van der Waals surface area contributed by atoms with Gasteiger partial charge in [-0.05, 0) is 36.2 Å². The largest absolute Gasteiger partial charge is 0.269 e. The van der Waals surface area contributed by atoms with Crippen LogP contribution in [0.3, 0.4) is 0 Å². The molecule has 0 atom stereocenters. The van der Waals surface area contributed by atoms with E-state index in [0.717, 1.165) is 5.56 Å². The minimum atomic E-state index is -0.609. The Morgan fingerprint density at radius 1 is 0.750 bits per heavy atom. The third kappa shape index (κ3) is 3.95. The van der Waals surface area contributed by atoms with E-state index in [0.29, 0.717) is 0 Å². The first-order valence-corrected chi connectivity index (χ1v) is 8.97. The maximum Gasteiger partial charge on any atom is 0.269 e. The van der Waals surface area contributed by atoms with E-state index in [-0.39, 0.29) is 10.6 Å². The lowest BCUT2D eigenvalue weighted by molar-refractivity contribution is -0.384. The van der Waals surface area contributed by atoms with Gasteiger partial charge in [0.05, 0.1) is 4.92 Å². The van der Waals surface area contributed by atoms with Gasteiger partial charge in [-0.15, -0.1) is 0 Å². The summed E-state index contributed by atoms with van der Waals surface area (Å²) in [6, 6.07) is 27.4. The van der Waals surface area contributed by atoms with Gasteiger partial charge in [-0.1, -0.05) is 72.6 Å². The monoisotopic (exact) mass is 333 g/mol. The second kappa shape index (κ2) is 7.67. The van der Waals surface area contributed by atoms with Crippen LogP contribution in [0.15, 0.2) is 90.7 Å². The molecule has 0 spiro atoms. The molecular weight excluding hydrogens is 317 g/mol. The molecule has 0 aliphatic rings. The van der Waals surface area contributed by atoms with E-state index in [2.05, 4.69) is 30.1 Å². The zero-order chi connectivity index (χ0) is 16.8. The molecule has 3 nitrogen and oxygen atoms in total. The van der Waals surface area contributed by atoms with Gasteiger partial charge in [-0.25, -0.2) is 0 Å². The minimum Gasteiger partial charge on any atom is -0.258 e. The van der Waals surface area contributed by atoms with Crippen LogP contribution >= 0.6 is 7.92 Å². The maximum absolute atomic E-state index is 10.7. The molecule has 3 rings (SSSR count). The van der Waals surface area contributed by atoms with E-state index in [4.69, 9.17) is 0 Å². The molecule has 0 aliphatic heterocycles. The van der Waals surface area contributed by atoms with Gasteiger partial charge in [-0.3, -0.25) is 10.1 Å². The molecule has 0 aromatic heterocycles. The number of hydrogen-bond donors (Lipinski definition) is 0. The molecule has 0 aliphatic carbocycles. The van der Waals surface area contributed by atoms with E-state index in [1.54, 1.807) is 12.1 Å². The van der Waals surface area contributed by atoms with Gasteiger partial charge in [0.15, 0.2) is 0 Å². The van der Waals surface area contributed by atoms with Gasteiger partial charge < -0.3 is 0 Å². The summed E-state index contributed by atoms with van der Waals surface area (Å²) in [5, 5.41) is 13.3. The third-order valence-corrected chi connectivity index (χ3v) is 5.74. The molecule has 3 aromatic carbocycles. The smallest absolute Gasteiger partial charge is 0.258 e. The predicted octanol–water partition coefficient (Wildman–Crippen LogP) is 4.70. The fraction of sp³-hybridized carbons (Fsp3) is 0. The third-order valence-electron chi connectivity index (χ3n) is 3.59. The molecule has 0 fully saturated rings. The second-order valence-corrected chi connectivity index (χ2v) is 7.28. The van der Waals surface area contributed by atoms with Gasteiger partial charge >= 0.3 is 0 Å². The summed E-state index contributed by atoms with van der Waals surface area (Å²) in [6.45, 7) is 0. The Kier molecular flexibility index (Phi) is 5.15. The number of non-ortho nitro benzene ring substituents is 1. The van der Waals surface area contributed by atoms with Crippen molar-refractivity contribution in [2.75, 3.05) is 0 Å². The topological polar surface area (TPSA) is 43.1 Å². The first-order chi connectivity index (χ1) is 11.7. The van der Waals surface area contributed by atoms with Crippen LogP contribution in [0.4, 0.5) is 5.69 Å². The molecule has 118 valence electrons. The molecule has 0 heterocycles. The quantitative estimate of drug-likeness (QED) is 0.386. The summed E-state index contributed by atoms with van der Waals surface area (Å²) in [7, 11) is -0.609. The van der Waals surface area contributed by atoms with Gasteiger partial charge in [0.1, 0.15) is 0 Å². The zero-order valence-corrected chi connectivity index (χ0v) is 13.8. The predicted molar refractivity (Wildman–Crippen MR) is 101 cm³/mol. The molecule has 0 saturated carbocycles. The van der Waals surface area contributed by atoms with Crippen molar-refractivity contribution in [2.45, 2.75) is 0 Å². The van der Waals surface area contributed by atoms with Crippen molar-refractivity contribution < 1.29 is 4.92 Å². The Morgan fingerprint density at radius 2 is 1.25 bits per heavy atom. The van der Waals surface area contributed by atoms with Crippen LogP contribution < -0.4 is 10.6 Å². The summed E-state index contributed by atoms with van der Waals surface area (Å²) in [6.07, 6.45) is 2.04. The first-order valence-electron chi connectivity index (χ1n) is 7.56. The summed E-state index contributed by atoms with van der Waals surface area (Å²) in [4.78, 5) is 10.4. The maximum atomic E-state index is 10.7. The number of hydrogen-bond acceptors (Lipinski definition) is 2. The van der Waals surface area contributed by atoms with Crippen molar-refractivity contribution in [3.8, 4) is 0 Å². The van der Waals surface area contributed by atoms with Crippen molar-refractivity contribution >= 4 is 30.3 Å². The van der Waals surface area contributed by atoms with E-state index in [1.165, 1.54) is 22.7 Å². The number of nitro groups is 1. The van der Waals surface area contributed by atoms with Crippen molar-refractivity contribution in [1.82, 2.24) is 0 Å². The van der Waals surface area contributed by atoms with Crippen LogP contribution in [0.2, 0.25) is 0 Å². The summed E-state index contributed by atoms with van der Waals surface area (Å²) >= 11 is 0. The van der Waals surface area contributed by atoms with Gasteiger partial charge in [0, 0.05) is 12.1 Å². The highest BCUT2D eigenvalue weighted by atomic mass is 31.1. The van der Waals surface area contributed by atoms with Crippen LogP contribution in [0.5, 0.6) is 0 Å². The van der Waals surface area contributed by atoms with Gasteiger partial charge in [-0.2, -0.15) is 0 Å². The highest BCUT2D eigenvalue weighted by Gasteiger charge is 2.09. The van der Waals surface area contributed by atoms with Crippen LogP contribution in [0, 0.1) is 10.1 Å². The van der Waals surface area contributed by atoms with Gasteiger partial charge in [0.2, 0.25) is 0 Å². The molecule has 0 amide bonds. The lowest BCUT2D eigenvalue weighted by Gasteiger charge is -2.14. The van der Waals surface area contributed by atoms with Crippen LogP contribution in [-0.2, 0) is 0 Å². The SMILES string of the molecule is O=[N+]([O-])c1ccc(/C=C\P(c2ccccc2)c2ccccc2)cc1. The lowest BCUT2D eigenvalue weighted by Crippen LogP contribution is -2.09. The van der Waals surface area contributed by atoms with Crippen molar-refractivity contribution in [3.05, 3.63) is 106 Å². The molecule has 0 bridgehead atoms.